The van der Waals surface area contributed by atoms with Gasteiger partial charge in [0.2, 0.25) is 0 Å². The number of Topliss-reactive ketones (excluding diaryl/α,β-unsaturated/α-hetero) is 1. The molecule has 4 aromatic rings. The molecule has 1 aliphatic heterocycles. The zero-order valence-corrected chi connectivity index (χ0v) is 19.2. The number of carbonyl (C=O) groups excluding carboxylic acids is 1. The van der Waals surface area contributed by atoms with Gasteiger partial charge in [0.05, 0.1) is 43.2 Å². The molecule has 0 radical (unpaired) electrons. The Bertz CT molecular complexity index is 1460. The van der Waals surface area contributed by atoms with Gasteiger partial charge in [-0.1, -0.05) is 18.2 Å². The molecule has 36 heavy (non-hydrogen) atoms. The van der Waals surface area contributed by atoms with Crippen LogP contribution in [0, 0.1) is 11.3 Å². The van der Waals surface area contributed by atoms with Gasteiger partial charge in [-0.25, -0.2) is 9.50 Å². The van der Waals surface area contributed by atoms with Crippen LogP contribution in [0.2, 0.25) is 0 Å². The highest BCUT2D eigenvalue weighted by Gasteiger charge is 2.39. The third kappa shape index (κ3) is 4.72. The standard InChI is InChI=1S/C25H22F3N7O/c26-25(27,28)5-4-21(36)9-17-2-1-3-18(8-17)22-13-31-23-10-19(11-33-35(22)23)20-12-32-34(14-20)24(6-7-29)15-30-16-24/h1-3,8,10-14,30H,4-6,9,15-16H2. The van der Waals surface area contributed by atoms with Gasteiger partial charge in [0.15, 0.2) is 5.65 Å². The summed E-state index contributed by atoms with van der Waals surface area (Å²) in [6, 6.07) is 11.2. The third-order valence-electron chi connectivity index (χ3n) is 6.39. The van der Waals surface area contributed by atoms with E-state index in [1.54, 1.807) is 41.3 Å². The van der Waals surface area contributed by atoms with Crippen molar-refractivity contribution in [3.05, 3.63) is 60.7 Å². The van der Waals surface area contributed by atoms with Crippen molar-refractivity contribution < 1.29 is 18.0 Å². The molecule has 1 fully saturated rings. The summed E-state index contributed by atoms with van der Waals surface area (Å²) in [5.74, 6) is -0.458. The van der Waals surface area contributed by atoms with Gasteiger partial charge in [-0.2, -0.15) is 28.6 Å². The first-order valence-corrected chi connectivity index (χ1v) is 11.4. The van der Waals surface area contributed by atoms with Crippen LogP contribution in [0.25, 0.3) is 28.0 Å². The van der Waals surface area contributed by atoms with Crippen molar-refractivity contribution in [1.82, 2.24) is 29.7 Å². The number of nitriles is 1. The Morgan fingerprint density at radius 1 is 1.11 bits per heavy atom. The number of aromatic nitrogens is 5. The largest absolute Gasteiger partial charge is 0.389 e. The molecule has 1 aliphatic rings. The van der Waals surface area contributed by atoms with E-state index in [1.165, 1.54) is 0 Å². The maximum Gasteiger partial charge on any atom is 0.389 e. The minimum atomic E-state index is -4.34. The van der Waals surface area contributed by atoms with Crippen LogP contribution < -0.4 is 5.32 Å². The van der Waals surface area contributed by atoms with Crippen molar-refractivity contribution in [3.63, 3.8) is 0 Å². The lowest BCUT2D eigenvalue weighted by atomic mass is 9.89. The van der Waals surface area contributed by atoms with Gasteiger partial charge < -0.3 is 5.32 Å². The van der Waals surface area contributed by atoms with E-state index in [9.17, 15) is 23.2 Å². The molecule has 8 nitrogen and oxygen atoms in total. The maximum atomic E-state index is 12.4. The van der Waals surface area contributed by atoms with Gasteiger partial charge in [0.1, 0.15) is 11.3 Å². The fourth-order valence-corrected chi connectivity index (χ4v) is 4.33. The van der Waals surface area contributed by atoms with E-state index in [0.717, 1.165) is 16.7 Å². The maximum absolute atomic E-state index is 12.4. The van der Waals surface area contributed by atoms with Crippen LogP contribution in [0.4, 0.5) is 13.2 Å². The van der Waals surface area contributed by atoms with Gasteiger partial charge in [0.25, 0.3) is 0 Å². The van der Waals surface area contributed by atoms with E-state index in [1.807, 2.05) is 23.0 Å². The average molecular weight is 493 g/mol. The Kier molecular flexibility index (Phi) is 6.05. The van der Waals surface area contributed by atoms with Crippen LogP contribution in [0.3, 0.4) is 0 Å². The quantitative estimate of drug-likeness (QED) is 0.399. The second-order valence-electron chi connectivity index (χ2n) is 9.03. The first-order valence-electron chi connectivity index (χ1n) is 11.4. The van der Waals surface area contributed by atoms with Crippen LogP contribution in [-0.2, 0) is 16.8 Å². The molecule has 1 saturated heterocycles. The molecule has 0 unspecified atom stereocenters. The zero-order chi connectivity index (χ0) is 25.3. The highest BCUT2D eigenvalue weighted by molar-refractivity contribution is 5.81. The minimum Gasteiger partial charge on any atom is -0.312 e. The molecule has 1 aromatic carbocycles. The summed E-state index contributed by atoms with van der Waals surface area (Å²) in [7, 11) is 0. The highest BCUT2D eigenvalue weighted by atomic mass is 19.4. The molecular formula is C25H22F3N7O. The molecule has 0 bridgehead atoms. The van der Waals surface area contributed by atoms with Crippen molar-refractivity contribution in [3.8, 4) is 28.5 Å². The summed E-state index contributed by atoms with van der Waals surface area (Å²) in [5, 5.41) is 21.4. The first kappa shape index (κ1) is 23.7. The van der Waals surface area contributed by atoms with Crippen LogP contribution in [0.15, 0.2) is 55.1 Å². The number of nitrogens with zero attached hydrogens (tertiary/aromatic N) is 6. The Hall–Kier alpha value is -4.04. The molecule has 11 heteroatoms. The van der Waals surface area contributed by atoms with E-state index in [-0.39, 0.29) is 12.0 Å². The normalized spacial score (nSPS) is 14.9. The van der Waals surface area contributed by atoms with Crippen molar-refractivity contribution in [2.24, 2.45) is 0 Å². The first-order chi connectivity index (χ1) is 17.3. The van der Waals surface area contributed by atoms with Crippen LogP contribution in [-0.4, -0.2) is 49.4 Å². The van der Waals surface area contributed by atoms with Crippen molar-refractivity contribution in [2.75, 3.05) is 13.1 Å². The van der Waals surface area contributed by atoms with E-state index in [2.05, 4.69) is 26.6 Å². The SMILES string of the molecule is N#CCC1(n2cc(-c3cnn4c(-c5cccc(CC(=O)CCC(F)(F)F)c5)cnc4c3)cn2)CNC1. The number of hydrogen-bond acceptors (Lipinski definition) is 6. The van der Waals surface area contributed by atoms with Crippen molar-refractivity contribution in [2.45, 2.75) is 37.4 Å². The molecule has 3 aromatic heterocycles. The molecule has 184 valence electrons. The van der Waals surface area contributed by atoms with E-state index >= 15 is 0 Å². The molecule has 0 spiro atoms. The van der Waals surface area contributed by atoms with Gasteiger partial charge >= 0.3 is 6.18 Å². The minimum absolute atomic E-state index is 0.0644. The number of halogens is 3. The van der Waals surface area contributed by atoms with Gasteiger partial charge in [-0.05, 0) is 17.7 Å². The highest BCUT2D eigenvalue weighted by Crippen LogP contribution is 2.29. The van der Waals surface area contributed by atoms with Crippen LogP contribution in [0.5, 0.6) is 0 Å². The number of carbonyl (C=O) groups is 1. The van der Waals surface area contributed by atoms with E-state index < -0.39 is 24.8 Å². The molecule has 5 rings (SSSR count). The second kappa shape index (κ2) is 9.20. The molecule has 0 saturated carbocycles. The number of nitrogens with one attached hydrogen (secondary N) is 1. The van der Waals surface area contributed by atoms with E-state index in [4.69, 9.17) is 0 Å². The summed E-state index contributed by atoms with van der Waals surface area (Å²) in [6.45, 7) is 1.38. The van der Waals surface area contributed by atoms with Gasteiger partial charge in [0, 0.05) is 48.8 Å². The fourth-order valence-electron chi connectivity index (χ4n) is 4.33. The number of hydrogen-bond donors (Lipinski definition) is 1. The number of alkyl halides is 3. The number of rotatable bonds is 8. The fraction of sp³-hybridized carbons (Fsp3) is 0.320. The molecule has 0 aliphatic carbocycles. The summed E-state index contributed by atoms with van der Waals surface area (Å²) < 4.78 is 40.7. The summed E-state index contributed by atoms with van der Waals surface area (Å²) in [5.41, 5.74) is 4.06. The number of benzene rings is 1. The zero-order valence-electron chi connectivity index (χ0n) is 19.2. The van der Waals surface area contributed by atoms with Crippen molar-refractivity contribution >= 4 is 11.4 Å². The second-order valence-corrected chi connectivity index (χ2v) is 9.03. The number of ketones is 1. The summed E-state index contributed by atoms with van der Waals surface area (Å²) in [4.78, 5) is 16.5. The lowest BCUT2D eigenvalue weighted by Crippen LogP contribution is -2.60. The Balaban J connectivity index is 1.36. The summed E-state index contributed by atoms with van der Waals surface area (Å²) in [6.07, 6.45) is 1.35. The predicted octanol–water partition coefficient (Wildman–Crippen LogP) is 3.93. The topological polar surface area (TPSA) is 101 Å². The Labute approximate surface area is 204 Å². The Morgan fingerprint density at radius 3 is 2.64 bits per heavy atom. The third-order valence-corrected chi connectivity index (χ3v) is 6.39. The lowest BCUT2D eigenvalue weighted by Gasteiger charge is -2.41. The van der Waals surface area contributed by atoms with Crippen LogP contribution >= 0.6 is 0 Å². The van der Waals surface area contributed by atoms with Crippen molar-refractivity contribution in [1.29, 1.82) is 5.26 Å². The smallest absolute Gasteiger partial charge is 0.312 e. The van der Waals surface area contributed by atoms with Gasteiger partial charge in [-0.3, -0.25) is 9.48 Å². The number of fused-ring (bicyclic) bond motifs is 1. The van der Waals surface area contributed by atoms with Gasteiger partial charge in [-0.15, -0.1) is 0 Å². The molecular weight excluding hydrogens is 471 g/mol. The Morgan fingerprint density at radius 2 is 1.92 bits per heavy atom. The molecule has 0 amide bonds. The van der Waals surface area contributed by atoms with Crippen LogP contribution in [0.1, 0.15) is 24.8 Å². The predicted molar refractivity (Wildman–Crippen MR) is 125 cm³/mol. The lowest BCUT2D eigenvalue weighted by molar-refractivity contribution is -0.143. The monoisotopic (exact) mass is 493 g/mol. The summed E-state index contributed by atoms with van der Waals surface area (Å²) >= 11 is 0. The number of imidazole rings is 1. The van der Waals surface area contributed by atoms with E-state index in [0.29, 0.717) is 36.4 Å². The molecule has 1 N–H and O–H groups in total. The average Bonchev–Trinajstić information content (AvgIpc) is 3.47. The molecule has 4 heterocycles. The molecule has 0 atom stereocenters.